The Labute approximate surface area is 114 Å². The lowest BCUT2D eigenvalue weighted by atomic mass is 9.87. The first-order valence-electron chi connectivity index (χ1n) is 6.49. The van der Waals surface area contributed by atoms with Crippen molar-refractivity contribution >= 4 is 16.0 Å². The lowest BCUT2D eigenvalue weighted by molar-refractivity contribution is 0.226. The molecule has 1 aliphatic heterocycles. The van der Waals surface area contributed by atoms with Crippen molar-refractivity contribution in [3.8, 4) is 0 Å². The van der Waals surface area contributed by atoms with Crippen LogP contribution in [0.15, 0.2) is 17.3 Å². The molecule has 1 aromatic rings. The standard InChI is InChI=1S/C12H20N4O2S/c1-9(2)10-3-5-16(6-4-10)19(17,18)11-7-14-12(13)15-8-11/h7-10H,3-6H2,1-2H3,(H2,13,14,15). The summed E-state index contributed by atoms with van der Waals surface area (Å²) in [5.41, 5.74) is 5.37. The maximum absolute atomic E-state index is 12.4. The van der Waals surface area contributed by atoms with Gasteiger partial charge in [0.25, 0.3) is 0 Å². The molecule has 1 aromatic heterocycles. The number of nitrogens with two attached hydrogens (primary N) is 1. The number of piperidine rings is 1. The van der Waals surface area contributed by atoms with E-state index in [9.17, 15) is 8.42 Å². The number of hydrogen-bond donors (Lipinski definition) is 1. The molecule has 2 rings (SSSR count). The van der Waals surface area contributed by atoms with Crippen molar-refractivity contribution in [2.24, 2.45) is 11.8 Å². The molecule has 1 saturated heterocycles. The van der Waals surface area contributed by atoms with Crippen LogP contribution in [-0.4, -0.2) is 35.8 Å². The van der Waals surface area contributed by atoms with Crippen molar-refractivity contribution in [3.63, 3.8) is 0 Å². The monoisotopic (exact) mass is 284 g/mol. The SMILES string of the molecule is CC(C)C1CCN(S(=O)(=O)c2cnc(N)nc2)CC1. The first-order chi connectivity index (χ1) is 8.91. The molecule has 19 heavy (non-hydrogen) atoms. The van der Waals surface area contributed by atoms with Gasteiger partial charge in [-0.2, -0.15) is 4.31 Å². The number of rotatable bonds is 3. The molecular weight excluding hydrogens is 264 g/mol. The first kappa shape index (κ1) is 14.2. The second kappa shape index (κ2) is 5.42. The van der Waals surface area contributed by atoms with E-state index in [1.807, 2.05) is 0 Å². The molecule has 0 spiro atoms. The van der Waals surface area contributed by atoms with Crippen LogP contribution in [0.2, 0.25) is 0 Å². The minimum Gasteiger partial charge on any atom is -0.368 e. The Morgan fingerprint density at radius 3 is 2.26 bits per heavy atom. The van der Waals surface area contributed by atoms with Crippen LogP contribution in [-0.2, 0) is 10.0 Å². The van der Waals surface area contributed by atoms with Gasteiger partial charge in [-0.3, -0.25) is 0 Å². The molecule has 0 unspecified atom stereocenters. The van der Waals surface area contributed by atoms with E-state index in [1.165, 1.54) is 16.7 Å². The van der Waals surface area contributed by atoms with Gasteiger partial charge in [0.2, 0.25) is 16.0 Å². The normalized spacial score (nSPS) is 18.9. The van der Waals surface area contributed by atoms with Crippen LogP contribution in [0.5, 0.6) is 0 Å². The Morgan fingerprint density at radius 2 is 1.79 bits per heavy atom. The van der Waals surface area contributed by atoms with Crippen LogP contribution in [0.25, 0.3) is 0 Å². The van der Waals surface area contributed by atoms with Crippen molar-refractivity contribution < 1.29 is 8.42 Å². The Morgan fingerprint density at radius 1 is 1.26 bits per heavy atom. The maximum Gasteiger partial charge on any atom is 0.246 e. The average Bonchev–Trinajstić information content (AvgIpc) is 2.39. The van der Waals surface area contributed by atoms with Gasteiger partial charge < -0.3 is 5.73 Å². The topological polar surface area (TPSA) is 89.2 Å². The predicted molar refractivity (Wildman–Crippen MR) is 72.8 cm³/mol. The van der Waals surface area contributed by atoms with Gasteiger partial charge in [0.1, 0.15) is 4.90 Å². The van der Waals surface area contributed by atoms with Crippen molar-refractivity contribution in [1.82, 2.24) is 14.3 Å². The van der Waals surface area contributed by atoms with E-state index in [2.05, 4.69) is 23.8 Å². The lowest BCUT2D eigenvalue weighted by Crippen LogP contribution is -2.39. The van der Waals surface area contributed by atoms with Crippen molar-refractivity contribution in [3.05, 3.63) is 12.4 Å². The highest BCUT2D eigenvalue weighted by Gasteiger charge is 2.30. The molecule has 7 heteroatoms. The smallest absolute Gasteiger partial charge is 0.246 e. The summed E-state index contributed by atoms with van der Waals surface area (Å²) < 4.78 is 26.3. The van der Waals surface area contributed by atoms with Gasteiger partial charge in [-0.15, -0.1) is 0 Å². The summed E-state index contributed by atoms with van der Waals surface area (Å²) in [6.45, 7) is 5.50. The summed E-state index contributed by atoms with van der Waals surface area (Å²) in [4.78, 5) is 7.60. The fraction of sp³-hybridized carbons (Fsp3) is 0.667. The maximum atomic E-state index is 12.4. The molecule has 2 N–H and O–H groups in total. The summed E-state index contributed by atoms with van der Waals surface area (Å²) in [5.74, 6) is 1.29. The van der Waals surface area contributed by atoms with Crippen LogP contribution in [0, 0.1) is 11.8 Å². The van der Waals surface area contributed by atoms with Crippen molar-refractivity contribution in [1.29, 1.82) is 0 Å². The molecule has 2 heterocycles. The van der Waals surface area contributed by atoms with Gasteiger partial charge in [-0.25, -0.2) is 18.4 Å². The number of sulfonamides is 1. The third-order valence-corrected chi connectivity index (χ3v) is 5.58. The summed E-state index contributed by atoms with van der Waals surface area (Å²) in [6, 6.07) is 0. The predicted octanol–water partition coefficient (Wildman–Crippen LogP) is 1.12. The molecule has 0 saturated carbocycles. The van der Waals surface area contributed by atoms with Gasteiger partial charge in [-0.05, 0) is 24.7 Å². The molecule has 1 aliphatic rings. The minimum atomic E-state index is -3.48. The van der Waals surface area contributed by atoms with Crippen LogP contribution < -0.4 is 5.73 Å². The Bertz CT molecular complexity index is 519. The van der Waals surface area contributed by atoms with E-state index >= 15 is 0 Å². The summed E-state index contributed by atoms with van der Waals surface area (Å²) in [7, 11) is -3.48. The third-order valence-electron chi connectivity index (χ3n) is 3.73. The number of hydrogen-bond acceptors (Lipinski definition) is 5. The highest BCUT2D eigenvalue weighted by molar-refractivity contribution is 7.89. The van der Waals surface area contributed by atoms with Crippen LogP contribution in [0.1, 0.15) is 26.7 Å². The summed E-state index contributed by atoms with van der Waals surface area (Å²) >= 11 is 0. The van der Waals surface area contributed by atoms with Crippen LogP contribution in [0.4, 0.5) is 5.95 Å². The zero-order chi connectivity index (χ0) is 14.0. The fourth-order valence-corrected chi connectivity index (χ4v) is 3.75. The highest BCUT2D eigenvalue weighted by Crippen LogP contribution is 2.27. The third kappa shape index (κ3) is 3.03. The Hall–Kier alpha value is -1.21. The molecule has 0 amide bonds. The fourth-order valence-electron chi connectivity index (χ4n) is 2.39. The van der Waals surface area contributed by atoms with E-state index in [-0.39, 0.29) is 10.8 Å². The molecule has 1 fully saturated rings. The number of nitrogens with zero attached hydrogens (tertiary/aromatic N) is 3. The average molecular weight is 284 g/mol. The zero-order valence-corrected chi connectivity index (χ0v) is 12.1. The van der Waals surface area contributed by atoms with Gasteiger partial charge in [0, 0.05) is 13.1 Å². The molecule has 0 bridgehead atoms. The van der Waals surface area contributed by atoms with Crippen molar-refractivity contribution in [2.75, 3.05) is 18.8 Å². The van der Waals surface area contributed by atoms with Crippen LogP contribution in [0.3, 0.4) is 0 Å². The summed E-state index contributed by atoms with van der Waals surface area (Å²) in [6.07, 6.45) is 4.36. The molecule has 0 aromatic carbocycles. The number of aromatic nitrogens is 2. The van der Waals surface area contributed by atoms with Gasteiger partial charge in [0.05, 0.1) is 12.4 Å². The van der Waals surface area contributed by atoms with E-state index in [0.29, 0.717) is 24.9 Å². The molecule has 106 valence electrons. The van der Waals surface area contributed by atoms with E-state index in [1.54, 1.807) is 0 Å². The Kier molecular flexibility index (Phi) is 4.05. The van der Waals surface area contributed by atoms with Crippen LogP contribution >= 0.6 is 0 Å². The molecule has 0 atom stereocenters. The molecular formula is C12H20N4O2S. The van der Waals surface area contributed by atoms with Gasteiger partial charge in [-0.1, -0.05) is 13.8 Å². The van der Waals surface area contributed by atoms with E-state index < -0.39 is 10.0 Å². The second-order valence-electron chi connectivity index (χ2n) is 5.26. The Balaban J connectivity index is 2.12. The quantitative estimate of drug-likeness (QED) is 0.898. The number of nitrogen functional groups attached to an aromatic ring is 1. The minimum absolute atomic E-state index is 0.0810. The largest absolute Gasteiger partial charge is 0.368 e. The molecule has 0 aliphatic carbocycles. The first-order valence-corrected chi connectivity index (χ1v) is 7.93. The second-order valence-corrected chi connectivity index (χ2v) is 7.20. The lowest BCUT2D eigenvalue weighted by Gasteiger charge is -2.32. The molecule has 0 radical (unpaired) electrons. The van der Waals surface area contributed by atoms with Gasteiger partial charge in [0.15, 0.2) is 0 Å². The zero-order valence-electron chi connectivity index (χ0n) is 11.3. The van der Waals surface area contributed by atoms with Crippen molar-refractivity contribution in [2.45, 2.75) is 31.6 Å². The molecule has 6 nitrogen and oxygen atoms in total. The number of anilines is 1. The summed E-state index contributed by atoms with van der Waals surface area (Å²) in [5, 5.41) is 0. The van der Waals surface area contributed by atoms with E-state index in [4.69, 9.17) is 5.73 Å². The van der Waals surface area contributed by atoms with Gasteiger partial charge >= 0.3 is 0 Å². The highest BCUT2D eigenvalue weighted by atomic mass is 32.2. The van der Waals surface area contributed by atoms with E-state index in [0.717, 1.165) is 12.8 Å².